The Balaban J connectivity index is 2.22. The highest BCUT2D eigenvalue weighted by atomic mass is 32.2. The first-order valence-corrected chi connectivity index (χ1v) is 6.67. The number of amides is 1. The van der Waals surface area contributed by atoms with Crippen molar-refractivity contribution < 1.29 is 4.79 Å². The van der Waals surface area contributed by atoms with Gasteiger partial charge in [0.1, 0.15) is 10.3 Å². The number of aryl methyl sites for hydroxylation is 1. The lowest BCUT2D eigenvalue weighted by Crippen LogP contribution is -2.18. The number of benzene rings is 1. The number of aromatic nitrogens is 2. The molecule has 1 aromatic heterocycles. The quantitative estimate of drug-likeness (QED) is 0.860. The standard InChI is InChI=1S/C11H11N3OS2/c1-7-13-14-11(16-7)17-9(10(12)15)8-5-3-2-4-6-8/h2-6,9H,1H3,(H2,12,15)/t9-/m0/s1. The van der Waals surface area contributed by atoms with E-state index in [4.69, 9.17) is 5.73 Å². The summed E-state index contributed by atoms with van der Waals surface area (Å²) in [5, 5.41) is 8.37. The van der Waals surface area contributed by atoms with Crippen LogP contribution in [0.25, 0.3) is 0 Å². The van der Waals surface area contributed by atoms with Crippen LogP contribution >= 0.6 is 23.1 Å². The van der Waals surface area contributed by atoms with Crippen LogP contribution < -0.4 is 5.73 Å². The lowest BCUT2D eigenvalue weighted by molar-refractivity contribution is -0.117. The normalized spacial score (nSPS) is 12.3. The largest absolute Gasteiger partial charge is 0.368 e. The third-order valence-corrected chi connectivity index (χ3v) is 4.28. The van der Waals surface area contributed by atoms with Crippen LogP contribution in [0.1, 0.15) is 15.8 Å². The fraction of sp³-hybridized carbons (Fsp3) is 0.182. The van der Waals surface area contributed by atoms with Gasteiger partial charge < -0.3 is 5.73 Å². The molecule has 0 fully saturated rings. The Morgan fingerprint density at radius 3 is 2.59 bits per heavy atom. The molecule has 1 amide bonds. The first kappa shape index (κ1) is 12.1. The molecule has 0 unspecified atom stereocenters. The van der Waals surface area contributed by atoms with Gasteiger partial charge in [0.2, 0.25) is 5.91 Å². The van der Waals surface area contributed by atoms with Crippen LogP contribution in [-0.2, 0) is 4.79 Å². The SMILES string of the molecule is Cc1nnc(S[C@H](C(N)=O)c2ccccc2)s1. The van der Waals surface area contributed by atoms with Gasteiger partial charge in [-0.15, -0.1) is 10.2 Å². The van der Waals surface area contributed by atoms with E-state index in [0.717, 1.165) is 14.9 Å². The van der Waals surface area contributed by atoms with Gasteiger partial charge in [-0.05, 0) is 12.5 Å². The topological polar surface area (TPSA) is 68.9 Å². The van der Waals surface area contributed by atoms with Gasteiger partial charge in [-0.1, -0.05) is 53.4 Å². The van der Waals surface area contributed by atoms with E-state index < -0.39 is 5.25 Å². The Morgan fingerprint density at radius 1 is 1.35 bits per heavy atom. The molecule has 2 aromatic rings. The Bertz CT molecular complexity index is 512. The second-order valence-corrected chi connectivity index (χ2v) is 5.93. The molecular formula is C11H11N3OS2. The van der Waals surface area contributed by atoms with Crippen LogP contribution in [0, 0.1) is 6.92 Å². The molecular weight excluding hydrogens is 254 g/mol. The van der Waals surface area contributed by atoms with Crippen LogP contribution in [0.4, 0.5) is 0 Å². The van der Waals surface area contributed by atoms with Gasteiger partial charge in [-0.3, -0.25) is 4.79 Å². The van der Waals surface area contributed by atoms with E-state index in [0.29, 0.717) is 0 Å². The molecule has 6 heteroatoms. The molecule has 4 nitrogen and oxygen atoms in total. The Morgan fingerprint density at radius 2 is 2.06 bits per heavy atom. The minimum Gasteiger partial charge on any atom is -0.368 e. The van der Waals surface area contributed by atoms with E-state index in [1.807, 2.05) is 37.3 Å². The van der Waals surface area contributed by atoms with Gasteiger partial charge in [0.25, 0.3) is 0 Å². The van der Waals surface area contributed by atoms with E-state index in [1.54, 1.807) is 0 Å². The van der Waals surface area contributed by atoms with Crippen LogP contribution in [0.5, 0.6) is 0 Å². The maximum absolute atomic E-state index is 11.5. The minimum atomic E-state index is -0.413. The lowest BCUT2D eigenvalue weighted by atomic mass is 10.1. The molecule has 88 valence electrons. The summed E-state index contributed by atoms with van der Waals surface area (Å²) < 4.78 is 0.759. The number of hydrogen-bond acceptors (Lipinski definition) is 5. The van der Waals surface area contributed by atoms with Crippen molar-refractivity contribution >= 4 is 29.0 Å². The van der Waals surface area contributed by atoms with Crippen molar-refractivity contribution in [1.29, 1.82) is 0 Å². The molecule has 0 radical (unpaired) electrons. The van der Waals surface area contributed by atoms with Gasteiger partial charge in [0.05, 0.1) is 0 Å². The summed E-state index contributed by atoms with van der Waals surface area (Å²) in [4.78, 5) is 11.5. The number of nitrogens with zero attached hydrogens (tertiary/aromatic N) is 2. The zero-order chi connectivity index (χ0) is 12.3. The number of thioether (sulfide) groups is 1. The smallest absolute Gasteiger partial charge is 0.235 e. The minimum absolute atomic E-state index is 0.367. The average molecular weight is 265 g/mol. The summed E-state index contributed by atoms with van der Waals surface area (Å²) in [5.41, 5.74) is 6.31. The second kappa shape index (κ2) is 5.29. The molecule has 0 aliphatic heterocycles. The first-order chi connectivity index (χ1) is 8.16. The highest BCUT2D eigenvalue weighted by Crippen LogP contribution is 2.36. The van der Waals surface area contributed by atoms with E-state index >= 15 is 0 Å². The number of primary amides is 1. The number of hydrogen-bond donors (Lipinski definition) is 1. The molecule has 0 saturated carbocycles. The summed E-state index contributed by atoms with van der Waals surface area (Å²) in [5.74, 6) is -0.367. The van der Waals surface area contributed by atoms with Crippen molar-refractivity contribution in [3.05, 3.63) is 40.9 Å². The van der Waals surface area contributed by atoms with E-state index in [1.165, 1.54) is 23.1 Å². The molecule has 0 saturated heterocycles. The van der Waals surface area contributed by atoms with Crippen LogP contribution in [0.15, 0.2) is 34.7 Å². The molecule has 0 bridgehead atoms. The van der Waals surface area contributed by atoms with Gasteiger partial charge >= 0.3 is 0 Å². The van der Waals surface area contributed by atoms with Gasteiger partial charge in [-0.25, -0.2) is 0 Å². The number of nitrogens with two attached hydrogens (primary N) is 1. The predicted molar refractivity (Wildman–Crippen MR) is 68.9 cm³/mol. The monoisotopic (exact) mass is 265 g/mol. The average Bonchev–Trinajstić information content (AvgIpc) is 2.73. The summed E-state index contributed by atoms with van der Waals surface area (Å²) in [6.07, 6.45) is 0. The first-order valence-electron chi connectivity index (χ1n) is 4.98. The molecule has 2 N–H and O–H groups in total. The third kappa shape index (κ3) is 3.04. The van der Waals surface area contributed by atoms with Gasteiger partial charge in [0, 0.05) is 0 Å². The molecule has 17 heavy (non-hydrogen) atoms. The van der Waals surface area contributed by atoms with E-state index in [2.05, 4.69) is 10.2 Å². The Kier molecular flexibility index (Phi) is 3.75. The van der Waals surface area contributed by atoms with Crippen molar-refractivity contribution in [3.63, 3.8) is 0 Å². The highest BCUT2D eigenvalue weighted by Gasteiger charge is 2.20. The van der Waals surface area contributed by atoms with E-state index in [9.17, 15) is 4.79 Å². The zero-order valence-corrected chi connectivity index (χ0v) is 10.8. The summed E-state index contributed by atoms with van der Waals surface area (Å²) in [6, 6.07) is 9.45. The maximum atomic E-state index is 11.5. The van der Waals surface area contributed by atoms with Crippen LogP contribution in [0.3, 0.4) is 0 Å². The molecule has 2 rings (SSSR count). The van der Waals surface area contributed by atoms with Crippen molar-refractivity contribution in [2.24, 2.45) is 5.73 Å². The van der Waals surface area contributed by atoms with Gasteiger partial charge in [0.15, 0.2) is 4.34 Å². The highest BCUT2D eigenvalue weighted by molar-refractivity contribution is 8.01. The number of rotatable bonds is 4. The number of carbonyl (C=O) groups is 1. The van der Waals surface area contributed by atoms with Crippen molar-refractivity contribution in [1.82, 2.24) is 10.2 Å². The molecule has 0 aliphatic rings. The summed E-state index contributed by atoms with van der Waals surface area (Å²) in [6.45, 7) is 1.88. The number of carbonyl (C=O) groups excluding carboxylic acids is 1. The Hall–Kier alpha value is -1.40. The molecule has 1 aromatic carbocycles. The van der Waals surface area contributed by atoms with Gasteiger partial charge in [-0.2, -0.15) is 0 Å². The van der Waals surface area contributed by atoms with Crippen molar-refractivity contribution in [2.45, 2.75) is 16.5 Å². The third-order valence-electron chi connectivity index (χ3n) is 2.09. The maximum Gasteiger partial charge on any atom is 0.235 e. The predicted octanol–water partition coefficient (Wildman–Crippen LogP) is 2.17. The zero-order valence-electron chi connectivity index (χ0n) is 9.16. The van der Waals surface area contributed by atoms with Crippen LogP contribution in [-0.4, -0.2) is 16.1 Å². The van der Waals surface area contributed by atoms with E-state index in [-0.39, 0.29) is 5.91 Å². The Labute approximate surface area is 107 Å². The van der Waals surface area contributed by atoms with Crippen molar-refractivity contribution in [2.75, 3.05) is 0 Å². The fourth-order valence-corrected chi connectivity index (χ4v) is 3.30. The van der Waals surface area contributed by atoms with Crippen LogP contribution in [0.2, 0.25) is 0 Å². The fourth-order valence-electron chi connectivity index (χ4n) is 1.35. The summed E-state index contributed by atoms with van der Waals surface area (Å²) in [7, 11) is 0. The second-order valence-electron chi connectivity index (χ2n) is 3.40. The molecule has 0 aliphatic carbocycles. The van der Waals surface area contributed by atoms with Crippen molar-refractivity contribution in [3.8, 4) is 0 Å². The lowest BCUT2D eigenvalue weighted by Gasteiger charge is -2.10. The molecule has 1 atom stereocenters. The molecule has 0 spiro atoms. The summed E-state index contributed by atoms with van der Waals surface area (Å²) >= 11 is 2.80. The molecule has 1 heterocycles.